The molecule has 0 aromatic heterocycles. The van der Waals surface area contributed by atoms with E-state index in [2.05, 4.69) is 16.0 Å². The summed E-state index contributed by atoms with van der Waals surface area (Å²) >= 11 is 1.40. The zero-order chi connectivity index (χ0) is 26.7. The zero-order valence-electron chi connectivity index (χ0n) is 21.5. The number of nitrogens with one attached hydrogen (secondary N) is 3. The highest BCUT2D eigenvalue weighted by Crippen LogP contribution is 2.27. The number of amides is 3. The number of carbonyl (C=O) groups is 4. The minimum Gasteiger partial charge on any atom is -0.469 e. The van der Waals surface area contributed by atoms with Crippen LogP contribution in [0.25, 0.3) is 0 Å². The van der Waals surface area contributed by atoms with Crippen molar-refractivity contribution in [2.45, 2.75) is 70.4 Å². The molecule has 0 heterocycles. The van der Waals surface area contributed by atoms with Crippen molar-refractivity contribution in [3.05, 3.63) is 35.9 Å². The molecule has 0 aliphatic heterocycles. The number of thioether (sulfide) groups is 1. The van der Waals surface area contributed by atoms with Gasteiger partial charge < -0.3 is 30.2 Å². The molecule has 1 aliphatic carbocycles. The van der Waals surface area contributed by atoms with E-state index in [1.165, 1.54) is 18.9 Å². The summed E-state index contributed by atoms with van der Waals surface area (Å²) in [6.45, 7) is 5.39. The van der Waals surface area contributed by atoms with Gasteiger partial charge in [-0.1, -0.05) is 30.3 Å². The first kappa shape index (κ1) is 29.3. The molecule has 0 bridgehead atoms. The maximum Gasteiger partial charge on any atom is 0.408 e. The molecule has 10 nitrogen and oxygen atoms in total. The van der Waals surface area contributed by atoms with Crippen LogP contribution in [0.5, 0.6) is 0 Å². The summed E-state index contributed by atoms with van der Waals surface area (Å²) in [7, 11) is 1.28. The van der Waals surface area contributed by atoms with Gasteiger partial charge >= 0.3 is 18.2 Å². The van der Waals surface area contributed by atoms with E-state index in [-0.39, 0.29) is 19.1 Å². The first-order valence-electron chi connectivity index (χ1n) is 11.9. The Morgan fingerprint density at radius 2 is 1.75 bits per heavy atom. The molecule has 11 heteroatoms. The number of carbonyl (C=O) groups excluding carboxylic acids is 4. The number of benzene rings is 1. The van der Waals surface area contributed by atoms with Crippen LogP contribution >= 0.6 is 11.8 Å². The van der Waals surface area contributed by atoms with Crippen LogP contribution in [0, 0.1) is 5.92 Å². The fourth-order valence-electron chi connectivity index (χ4n) is 3.90. The number of methoxy groups -OCH3 is 1. The van der Waals surface area contributed by atoms with Gasteiger partial charge in [0.05, 0.1) is 13.0 Å². The summed E-state index contributed by atoms with van der Waals surface area (Å²) in [6.07, 6.45) is 1.83. The highest BCUT2D eigenvalue weighted by molar-refractivity contribution is 7.98. The molecule has 1 aromatic rings. The molecule has 3 N–H and O–H groups in total. The van der Waals surface area contributed by atoms with E-state index in [0.717, 1.165) is 5.56 Å². The SMILES string of the molecule is COC(=O)[C@@H]1C[C@H](NC(=O)OC(C)(C)C)CC[C@@H]1NC(=O)C(CSC)NC(=O)OCc1ccccc1. The minimum atomic E-state index is -0.848. The Balaban J connectivity index is 1.96. The lowest BCUT2D eigenvalue weighted by Gasteiger charge is -2.36. The predicted molar refractivity (Wildman–Crippen MR) is 136 cm³/mol. The van der Waals surface area contributed by atoms with Gasteiger partial charge in [0.2, 0.25) is 5.91 Å². The summed E-state index contributed by atoms with van der Waals surface area (Å²) in [5.41, 5.74) is 0.189. The Morgan fingerprint density at radius 3 is 2.36 bits per heavy atom. The molecule has 1 fully saturated rings. The molecule has 200 valence electrons. The first-order valence-corrected chi connectivity index (χ1v) is 13.3. The lowest BCUT2D eigenvalue weighted by molar-refractivity contribution is -0.148. The molecule has 2 rings (SSSR count). The Kier molecular flexibility index (Phi) is 11.4. The summed E-state index contributed by atoms with van der Waals surface area (Å²) < 4.78 is 15.5. The number of esters is 1. The summed E-state index contributed by atoms with van der Waals surface area (Å²) in [4.78, 5) is 50.0. The molecule has 1 aliphatic rings. The number of ether oxygens (including phenoxy) is 3. The van der Waals surface area contributed by atoms with Crippen molar-refractivity contribution in [3.63, 3.8) is 0 Å². The zero-order valence-corrected chi connectivity index (χ0v) is 22.3. The maximum atomic E-state index is 13.0. The molecule has 0 spiro atoms. The molecular formula is C25H37N3O7S. The van der Waals surface area contributed by atoms with Gasteiger partial charge in [0.1, 0.15) is 18.2 Å². The van der Waals surface area contributed by atoms with Crippen molar-refractivity contribution in [1.82, 2.24) is 16.0 Å². The Morgan fingerprint density at radius 1 is 1.06 bits per heavy atom. The second-order valence-electron chi connectivity index (χ2n) is 9.61. The van der Waals surface area contributed by atoms with E-state index < -0.39 is 47.7 Å². The van der Waals surface area contributed by atoms with Crippen LogP contribution in [0.3, 0.4) is 0 Å². The predicted octanol–water partition coefficient (Wildman–Crippen LogP) is 3.00. The van der Waals surface area contributed by atoms with Crippen molar-refractivity contribution in [2.24, 2.45) is 5.92 Å². The van der Waals surface area contributed by atoms with E-state index in [0.29, 0.717) is 18.6 Å². The molecule has 1 unspecified atom stereocenters. The van der Waals surface area contributed by atoms with E-state index in [1.54, 1.807) is 20.8 Å². The highest BCUT2D eigenvalue weighted by Gasteiger charge is 2.39. The van der Waals surface area contributed by atoms with Crippen molar-refractivity contribution in [2.75, 3.05) is 19.1 Å². The third-order valence-electron chi connectivity index (χ3n) is 5.56. The molecule has 1 aromatic carbocycles. The lowest BCUT2D eigenvalue weighted by Crippen LogP contribution is -2.56. The number of rotatable bonds is 9. The molecule has 4 atom stereocenters. The maximum absolute atomic E-state index is 13.0. The summed E-state index contributed by atoms with van der Waals surface area (Å²) in [5.74, 6) is -1.23. The van der Waals surface area contributed by atoms with Crippen molar-refractivity contribution >= 4 is 35.8 Å². The van der Waals surface area contributed by atoms with Gasteiger partial charge in [0, 0.05) is 17.8 Å². The van der Waals surface area contributed by atoms with Crippen LogP contribution in [0.4, 0.5) is 9.59 Å². The van der Waals surface area contributed by atoms with E-state index in [9.17, 15) is 19.2 Å². The van der Waals surface area contributed by atoms with Gasteiger partial charge in [-0.2, -0.15) is 11.8 Å². The van der Waals surface area contributed by atoms with Gasteiger partial charge in [0.15, 0.2) is 0 Å². The lowest BCUT2D eigenvalue weighted by atomic mass is 9.81. The van der Waals surface area contributed by atoms with E-state index in [4.69, 9.17) is 14.2 Å². The van der Waals surface area contributed by atoms with Crippen LogP contribution < -0.4 is 16.0 Å². The number of hydrogen-bond acceptors (Lipinski definition) is 8. The topological polar surface area (TPSA) is 132 Å². The van der Waals surface area contributed by atoms with Gasteiger partial charge in [-0.25, -0.2) is 9.59 Å². The largest absolute Gasteiger partial charge is 0.469 e. The molecule has 3 amide bonds. The third-order valence-corrected chi connectivity index (χ3v) is 6.22. The average molecular weight is 524 g/mol. The van der Waals surface area contributed by atoms with Gasteiger partial charge in [-0.05, 0) is 51.9 Å². The molecular weight excluding hydrogens is 486 g/mol. The van der Waals surface area contributed by atoms with Gasteiger partial charge in [0.25, 0.3) is 0 Å². The van der Waals surface area contributed by atoms with Gasteiger partial charge in [-0.15, -0.1) is 0 Å². The first-order chi connectivity index (χ1) is 17.0. The average Bonchev–Trinajstić information content (AvgIpc) is 2.82. The smallest absolute Gasteiger partial charge is 0.408 e. The monoisotopic (exact) mass is 523 g/mol. The minimum absolute atomic E-state index is 0.0827. The van der Waals surface area contributed by atoms with E-state index >= 15 is 0 Å². The second kappa shape index (κ2) is 14.0. The normalized spacial score (nSPS) is 20.4. The summed E-state index contributed by atoms with van der Waals surface area (Å²) in [6, 6.07) is 7.57. The second-order valence-corrected chi connectivity index (χ2v) is 10.5. The Labute approximate surface area is 216 Å². The fourth-order valence-corrected chi connectivity index (χ4v) is 4.47. The standard InChI is InChI=1S/C25H37N3O7S/c1-25(2,3)35-24(32)26-17-11-12-19(18(13-17)22(30)33-4)27-21(29)20(15-36-5)28-23(31)34-14-16-9-7-6-8-10-16/h6-10,17-20H,11-15H2,1-5H3,(H,26,32)(H,27,29)(H,28,31)/t17-,18-,19+,20?/m1/s1. The van der Waals surface area contributed by atoms with Crippen LogP contribution in [0.1, 0.15) is 45.6 Å². The Hall–Kier alpha value is -2.95. The van der Waals surface area contributed by atoms with Crippen LogP contribution in [-0.4, -0.2) is 66.9 Å². The van der Waals surface area contributed by atoms with Crippen molar-refractivity contribution in [1.29, 1.82) is 0 Å². The fraction of sp³-hybridized carbons (Fsp3) is 0.600. The van der Waals surface area contributed by atoms with Gasteiger partial charge in [-0.3, -0.25) is 9.59 Å². The van der Waals surface area contributed by atoms with Crippen LogP contribution in [-0.2, 0) is 30.4 Å². The van der Waals surface area contributed by atoms with Crippen molar-refractivity contribution in [3.8, 4) is 0 Å². The molecule has 36 heavy (non-hydrogen) atoms. The third kappa shape index (κ3) is 9.96. The molecule has 0 saturated heterocycles. The summed E-state index contributed by atoms with van der Waals surface area (Å²) in [5, 5.41) is 8.30. The molecule has 1 saturated carbocycles. The van der Waals surface area contributed by atoms with Crippen LogP contribution in [0.2, 0.25) is 0 Å². The van der Waals surface area contributed by atoms with Crippen LogP contribution in [0.15, 0.2) is 30.3 Å². The quantitative estimate of drug-likeness (QED) is 0.332. The number of hydrogen-bond donors (Lipinski definition) is 3. The highest BCUT2D eigenvalue weighted by atomic mass is 32.2. The van der Waals surface area contributed by atoms with E-state index in [1.807, 2.05) is 36.6 Å². The van der Waals surface area contributed by atoms with Crippen molar-refractivity contribution < 1.29 is 33.4 Å². The molecule has 0 radical (unpaired) electrons. The Bertz CT molecular complexity index is 891. The number of alkyl carbamates (subject to hydrolysis) is 2.